The molecule has 0 amide bonds. The number of nitrogens with one attached hydrogen (secondary N) is 1. The molecule has 7 heteroatoms. The van der Waals surface area contributed by atoms with Gasteiger partial charge in [-0.05, 0) is 25.3 Å². The Kier molecular flexibility index (Phi) is 5.32. The topological polar surface area (TPSA) is 81.4 Å². The van der Waals surface area contributed by atoms with Crippen LogP contribution in [-0.4, -0.2) is 32.2 Å². The van der Waals surface area contributed by atoms with Crippen LogP contribution in [0.5, 0.6) is 0 Å². The molecule has 5 nitrogen and oxygen atoms in total. The van der Waals surface area contributed by atoms with E-state index in [9.17, 15) is 8.42 Å². The van der Waals surface area contributed by atoms with Crippen molar-refractivity contribution < 1.29 is 13.2 Å². The standard InChI is InChI=1S/C14H20N2O3S2/c1-10-8-13(6-7-19-10)16-21(17,18)9-11-2-4-12(5-3-11)14(15)20/h2-5,10,13,16H,6-9H2,1H3,(H2,15,20). The molecule has 0 spiro atoms. The average molecular weight is 328 g/mol. The molecule has 1 fully saturated rings. The van der Waals surface area contributed by atoms with E-state index < -0.39 is 10.0 Å². The van der Waals surface area contributed by atoms with E-state index in [0.717, 1.165) is 5.56 Å². The lowest BCUT2D eigenvalue weighted by molar-refractivity contribution is 0.0173. The molecule has 116 valence electrons. The van der Waals surface area contributed by atoms with Gasteiger partial charge >= 0.3 is 0 Å². The van der Waals surface area contributed by atoms with Crippen LogP contribution in [0.15, 0.2) is 24.3 Å². The first-order valence-electron chi connectivity index (χ1n) is 6.86. The monoisotopic (exact) mass is 328 g/mol. The first-order valence-corrected chi connectivity index (χ1v) is 8.92. The third kappa shape index (κ3) is 5.03. The van der Waals surface area contributed by atoms with Gasteiger partial charge in [-0.1, -0.05) is 36.5 Å². The maximum atomic E-state index is 12.2. The maximum Gasteiger partial charge on any atom is 0.216 e. The van der Waals surface area contributed by atoms with Crippen LogP contribution in [0.1, 0.15) is 30.9 Å². The summed E-state index contributed by atoms with van der Waals surface area (Å²) in [6, 6.07) is 6.91. The van der Waals surface area contributed by atoms with Crippen molar-refractivity contribution in [2.24, 2.45) is 5.73 Å². The zero-order chi connectivity index (χ0) is 15.5. The van der Waals surface area contributed by atoms with Gasteiger partial charge < -0.3 is 10.5 Å². The van der Waals surface area contributed by atoms with Crippen LogP contribution < -0.4 is 10.5 Å². The fourth-order valence-electron chi connectivity index (χ4n) is 2.39. The van der Waals surface area contributed by atoms with Crippen LogP contribution in [-0.2, 0) is 20.5 Å². The van der Waals surface area contributed by atoms with Gasteiger partial charge in [0.1, 0.15) is 4.99 Å². The molecular weight excluding hydrogens is 308 g/mol. The smallest absolute Gasteiger partial charge is 0.216 e. The van der Waals surface area contributed by atoms with Crippen LogP contribution in [0.25, 0.3) is 0 Å². The summed E-state index contributed by atoms with van der Waals surface area (Å²) < 4.78 is 32.6. The van der Waals surface area contributed by atoms with Gasteiger partial charge in [0, 0.05) is 18.2 Å². The largest absolute Gasteiger partial charge is 0.389 e. The molecule has 1 aromatic carbocycles. The minimum Gasteiger partial charge on any atom is -0.389 e. The van der Waals surface area contributed by atoms with Gasteiger partial charge in [-0.25, -0.2) is 13.1 Å². The normalized spacial score (nSPS) is 22.9. The second-order valence-corrected chi connectivity index (χ2v) is 7.53. The number of nitrogens with two attached hydrogens (primary N) is 1. The van der Waals surface area contributed by atoms with Crippen LogP contribution in [0, 0.1) is 0 Å². The molecule has 0 aromatic heterocycles. The predicted octanol–water partition coefficient (Wildman–Crippen LogP) is 1.31. The Bertz CT molecular complexity index is 599. The van der Waals surface area contributed by atoms with E-state index >= 15 is 0 Å². The Labute approximate surface area is 130 Å². The zero-order valence-corrected chi connectivity index (χ0v) is 13.5. The summed E-state index contributed by atoms with van der Waals surface area (Å²) in [5, 5.41) is 0. The molecule has 0 radical (unpaired) electrons. The molecule has 2 rings (SSSR count). The number of benzene rings is 1. The van der Waals surface area contributed by atoms with E-state index in [0.29, 0.717) is 30.0 Å². The van der Waals surface area contributed by atoms with Crippen molar-refractivity contribution in [3.05, 3.63) is 35.4 Å². The van der Waals surface area contributed by atoms with Crippen LogP contribution in [0.3, 0.4) is 0 Å². The van der Waals surface area contributed by atoms with E-state index in [1.807, 2.05) is 6.92 Å². The molecule has 0 saturated carbocycles. The zero-order valence-electron chi connectivity index (χ0n) is 11.9. The van der Waals surface area contributed by atoms with Crippen molar-refractivity contribution in [1.82, 2.24) is 4.72 Å². The summed E-state index contributed by atoms with van der Waals surface area (Å²) in [4.78, 5) is 0.304. The maximum absolute atomic E-state index is 12.2. The highest BCUT2D eigenvalue weighted by molar-refractivity contribution is 7.88. The predicted molar refractivity (Wildman–Crippen MR) is 86.5 cm³/mol. The van der Waals surface area contributed by atoms with Gasteiger partial charge in [0.2, 0.25) is 10.0 Å². The van der Waals surface area contributed by atoms with Crippen LogP contribution >= 0.6 is 12.2 Å². The fourth-order valence-corrected chi connectivity index (χ4v) is 3.96. The van der Waals surface area contributed by atoms with Gasteiger partial charge in [0.05, 0.1) is 11.9 Å². The van der Waals surface area contributed by atoms with Crippen molar-refractivity contribution >= 4 is 27.2 Å². The van der Waals surface area contributed by atoms with E-state index in [-0.39, 0.29) is 17.9 Å². The lowest BCUT2D eigenvalue weighted by Crippen LogP contribution is -2.41. The first kappa shape index (κ1) is 16.4. The molecule has 1 aliphatic heterocycles. The second kappa shape index (κ2) is 6.83. The first-order chi connectivity index (χ1) is 9.85. The molecule has 1 aliphatic rings. The van der Waals surface area contributed by atoms with Gasteiger partial charge in [0.15, 0.2) is 0 Å². The molecule has 0 aliphatic carbocycles. The Morgan fingerprint density at radius 2 is 2.10 bits per heavy atom. The van der Waals surface area contributed by atoms with Gasteiger partial charge in [-0.2, -0.15) is 0 Å². The molecule has 21 heavy (non-hydrogen) atoms. The van der Waals surface area contributed by atoms with Crippen molar-refractivity contribution in [3.8, 4) is 0 Å². The number of hydrogen-bond acceptors (Lipinski definition) is 4. The summed E-state index contributed by atoms with van der Waals surface area (Å²) >= 11 is 4.87. The van der Waals surface area contributed by atoms with Crippen molar-refractivity contribution in [2.75, 3.05) is 6.61 Å². The number of hydrogen-bond donors (Lipinski definition) is 2. The van der Waals surface area contributed by atoms with E-state index in [4.69, 9.17) is 22.7 Å². The summed E-state index contributed by atoms with van der Waals surface area (Å²) in [6.07, 6.45) is 1.51. The fraction of sp³-hybridized carbons (Fsp3) is 0.500. The Morgan fingerprint density at radius 1 is 1.43 bits per heavy atom. The summed E-state index contributed by atoms with van der Waals surface area (Å²) in [6.45, 7) is 2.55. The Hall–Kier alpha value is -1.02. The molecule has 1 aromatic rings. The summed E-state index contributed by atoms with van der Waals surface area (Å²) in [5.41, 5.74) is 6.96. The Morgan fingerprint density at radius 3 is 2.67 bits per heavy atom. The second-order valence-electron chi connectivity index (χ2n) is 5.34. The number of ether oxygens (including phenoxy) is 1. The minimum absolute atomic E-state index is 0.0453. The lowest BCUT2D eigenvalue weighted by atomic mass is 10.1. The minimum atomic E-state index is -3.36. The summed E-state index contributed by atoms with van der Waals surface area (Å²) in [7, 11) is -3.36. The molecule has 2 unspecified atom stereocenters. The molecule has 1 heterocycles. The third-order valence-electron chi connectivity index (χ3n) is 3.43. The van der Waals surface area contributed by atoms with Crippen LogP contribution in [0.2, 0.25) is 0 Å². The highest BCUT2D eigenvalue weighted by atomic mass is 32.2. The average Bonchev–Trinajstić information content (AvgIpc) is 2.38. The Balaban J connectivity index is 1.98. The third-order valence-corrected chi connectivity index (χ3v) is 5.07. The number of sulfonamides is 1. The van der Waals surface area contributed by atoms with Crippen LogP contribution in [0.4, 0.5) is 0 Å². The van der Waals surface area contributed by atoms with E-state index in [2.05, 4.69) is 4.72 Å². The van der Waals surface area contributed by atoms with Crippen molar-refractivity contribution in [2.45, 2.75) is 37.7 Å². The van der Waals surface area contributed by atoms with E-state index in [1.165, 1.54) is 0 Å². The quantitative estimate of drug-likeness (QED) is 0.797. The SMILES string of the molecule is CC1CC(NS(=O)(=O)Cc2ccc(C(N)=S)cc2)CCO1. The molecule has 2 atom stereocenters. The van der Waals surface area contributed by atoms with Gasteiger partial charge in [0.25, 0.3) is 0 Å². The highest BCUT2D eigenvalue weighted by Gasteiger charge is 2.24. The van der Waals surface area contributed by atoms with Gasteiger partial charge in [-0.15, -0.1) is 0 Å². The summed E-state index contributed by atoms with van der Waals surface area (Å²) in [5.74, 6) is -0.0453. The molecular formula is C14H20N2O3S2. The molecule has 3 N–H and O–H groups in total. The van der Waals surface area contributed by atoms with Crippen molar-refractivity contribution in [3.63, 3.8) is 0 Å². The van der Waals surface area contributed by atoms with E-state index in [1.54, 1.807) is 24.3 Å². The van der Waals surface area contributed by atoms with Crippen molar-refractivity contribution in [1.29, 1.82) is 0 Å². The lowest BCUT2D eigenvalue weighted by Gasteiger charge is -2.27. The molecule has 0 bridgehead atoms. The van der Waals surface area contributed by atoms with Gasteiger partial charge in [-0.3, -0.25) is 0 Å². The number of thiocarbonyl (C=S) groups is 1. The highest BCUT2D eigenvalue weighted by Crippen LogP contribution is 2.15. The number of rotatable bonds is 5. The molecule has 1 saturated heterocycles.